The van der Waals surface area contributed by atoms with Crippen molar-refractivity contribution in [2.75, 3.05) is 0 Å². The Kier molecular flexibility index (Phi) is 9.91. The summed E-state index contributed by atoms with van der Waals surface area (Å²) >= 11 is 0. The summed E-state index contributed by atoms with van der Waals surface area (Å²) in [6.45, 7) is 3.43. The molecule has 0 fully saturated rings. The Balaban J connectivity index is 0. The molecule has 6 heavy (non-hydrogen) atoms. The fourth-order valence-electron chi connectivity index (χ4n) is 0. The normalized spacial score (nSPS) is 6.33. The summed E-state index contributed by atoms with van der Waals surface area (Å²) in [6, 6.07) is 0. The molecule has 0 radical (unpaired) electrons. The molecule has 0 rings (SSSR count). The van der Waals surface area contributed by atoms with E-state index in [2.05, 4.69) is 0 Å². The molecule has 0 bridgehead atoms. The van der Waals surface area contributed by atoms with Crippen molar-refractivity contribution in [1.82, 2.24) is 0 Å². The van der Waals surface area contributed by atoms with Gasteiger partial charge in [-0.1, -0.05) is 6.92 Å². The standard InChI is InChI=1S/C4H8O.Ca.2H/c1-3-4(2)5;;;/h3H2,1-2H3;;;. The molecular formula is C4H10CaO. The molecule has 1 nitrogen and oxygen atoms in total. The molecule has 0 aromatic carbocycles. The number of hydrogen-bond donors (Lipinski definition) is 0. The van der Waals surface area contributed by atoms with Crippen LogP contribution < -0.4 is 0 Å². The molecule has 0 atom stereocenters. The van der Waals surface area contributed by atoms with Crippen molar-refractivity contribution >= 4 is 43.5 Å². The fourth-order valence-corrected chi connectivity index (χ4v) is 0. The van der Waals surface area contributed by atoms with Crippen LogP contribution in [0.15, 0.2) is 0 Å². The van der Waals surface area contributed by atoms with Crippen molar-refractivity contribution in [1.29, 1.82) is 0 Å². The van der Waals surface area contributed by atoms with Crippen LogP contribution in [0.5, 0.6) is 0 Å². The first-order valence-corrected chi connectivity index (χ1v) is 1.76. The predicted molar refractivity (Wildman–Crippen MR) is 29.5 cm³/mol. The number of hydrogen-bond acceptors (Lipinski definition) is 1. The second kappa shape index (κ2) is 5.93. The van der Waals surface area contributed by atoms with Crippen LogP contribution in [0, 0.1) is 0 Å². The molecule has 0 aliphatic heterocycles. The Bertz CT molecular complexity index is 42.8. The third-order valence-electron chi connectivity index (χ3n) is 0.498. The van der Waals surface area contributed by atoms with Gasteiger partial charge < -0.3 is 4.79 Å². The van der Waals surface area contributed by atoms with E-state index in [1.165, 1.54) is 0 Å². The van der Waals surface area contributed by atoms with E-state index >= 15 is 0 Å². The minimum absolute atomic E-state index is 0. The molecule has 0 heterocycles. The molecule has 0 spiro atoms. The number of Topliss-reactive ketones (excluding diaryl/α,β-unsaturated/α-hetero) is 1. The van der Waals surface area contributed by atoms with Crippen LogP contribution in [-0.4, -0.2) is 43.5 Å². The first kappa shape index (κ1) is 10.0. The summed E-state index contributed by atoms with van der Waals surface area (Å²) in [6.07, 6.45) is 0.667. The maximum atomic E-state index is 9.81. The van der Waals surface area contributed by atoms with Gasteiger partial charge in [0.05, 0.1) is 0 Å². The fraction of sp³-hybridized carbons (Fsp3) is 0.750. The molecular weight excluding hydrogens is 104 g/mol. The molecule has 0 saturated carbocycles. The predicted octanol–water partition coefficient (Wildman–Crippen LogP) is 0.0692. The number of rotatable bonds is 1. The molecule has 0 N–H and O–H groups in total. The summed E-state index contributed by atoms with van der Waals surface area (Å²) in [7, 11) is 0. The van der Waals surface area contributed by atoms with E-state index in [9.17, 15) is 4.79 Å². The second-order valence-corrected chi connectivity index (χ2v) is 1.06. The van der Waals surface area contributed by atoms with Crippen LogP contribution in [0.1, 0.15) is 20.3 Å². The Hall–Kier alpha value is 0.930. The zero-order valence-electron chi connectivity index (χ0n) is 3.62. The quantitative estimate of drug-likeness (QED) is 0.441. The average Bonchev–Trinajstić information content (AvgIpc) is 1.38. The van der Waals surface area contributed by atoms with Gasteiger partial charge in [0, 0.05) is 6.42 Å². The SMILES string of the molecule is CCC(C)=O.[CaH2]. The van der Waals surface area contributed by atoms with E-state index in [0.717, 1.165) is 0 Å². The van der Waals surface area contributed by atoms with Gasteiger partial charge in [-0.15, -0.1) is 0 Å². The van der Waals surface area contributed by atoms with E-state index in [0.29, 0.717) is 6.42 Å². The first-order valence-electron chi connectivity index (χ1n) is 1.76. The van der Waals surface area contributed by atoms with Crippen molar-refractivity contribution < 1.29 is 4.79 Å². The third kappa shape index (κ3) is 8.87. The van der Waals surface area contributed by atoms with Gasteiger partial charge in [-0.05, 0) is 6.92 Å². The molecule has 0 amide bonds. The molecule has 34 valence electrons. The van der Waals surface area contributed by atoms with Crippen molar-refractivity contribution in [3.63, 3.8) is 0 Å². The average molecular weight is 114 g/mol. The second-order valence-electron chi connectivity index (χ2n) is 1.06. The number of carbonyl (C=O) groups excluding carboxylic acids is 1. The Morgan fingerprint density at radius 3 is 1.83 bits per heavy atom. The molecule has 0 aliphatic carbocycles. The topological polar surface area (TPSA) is 17.1 Å². The monoisotopic (exact) mass is 114 g/mol. The zero-order chi connectivity index (χ0) is 4.28. The minimum atomic E-state index is 0. The Morgan fingerprint density at radius 2 is 1.83 bits per heavy atom. The van der Waals surface area contributed by atoms with E-state index in [-0.39, 0.29) is 43.5 Å². The Morgan fingerprint density at radius 1 is 1.67 bits per heavy atom. The van der Waals surface area contributed by atoms with E-state index in [1.807, 2.05) is 6.92 Å². The van der Waals surface area contributed by atoms with Crippen LogP contribution >= 0.6 is 0 Å². The van der Waals surface area contributed by atoms with E-state index in [1.54, 1.807) is 6.92 Å². The molecule has 0 aromatic heterocycles. The van der Waals surface area contributed by atoms with E-state index in [4.69, 9.17) is 0 Å². The van der Waals surface area contributed by atoms with Crippen molar-refractivity contribution in [3.8, 4) is 0 Å². The summed E-state index contributed by atoms with van der Waals surface area (Å²) < 4.78 is 0. The molecule has 0 aliphatic rings. The van der Waals surface area contributed by atoms with E-state index < -0.39 is 0 Å². The molecule has 0 saturated heterocycles. The van der Waals surface area contributed by atoms with Crippen LogP contribution in [0.4, 0.5) is 0 Å². The molecule has 0 aromatic rings. The summed E-state index contributed by atoms with van der Waals surface area (Å²) in [5, 5.41) is 0. The van der Waals surface area contributed by atoms with Gasteiger partial charge in [0.25, 0.3) is 0 Å². The number of carbonyl (C=O) groups is 1. The van der Waals surface area contributed by atoms with Gasteiger partial charge in [0.2, 0.25) is 0 Å². The van der Waals surface area contributed by atoms with Crippen LogP contribution in [0.3, 0.4) is 0 Å². The van der Waals surface area contributed by atoms with Crippen molar-refractivity contribution in [2.45, 2.75) is 20.3 Å². The molecule has 0 unspecified atom stereocenters. The summed E-state index contributed by atoms with van der Waals surface area (Å²) in [5.41, 5.74) is 0. The van der Waals surface area contributed by atoms with Crippen LogP contribution in [0.2, 0.25) is 0 Å². The third-order valence-corrected chi connectivity index (χ3v) is 0.498. The van der Waals surface area contributed by atoms with Gasteiger partial charge in [0.15, 0.2) is 0 Å². The summed E-state index contributed by atoms with van der Waals surface area (Å²) in [4.78, 5) is 9.81. The Labute approximate surface area is 68.1 Å². The maximum absolute atomic E-state index is 9.81. The molecule has 2 heteroatoms. The van der Waals surface area contributed by atoms with Gasteiger partial charge in [-0.2, -0.15) is 0 Å². The van der Waals surface area contributed by atoms with Gasteiger partial charge >= 0.3 is 37.7 Å². The van der Waals surface area contributed by atoms with Crippen molar-refractivity contribution in [3.05, 3.63) is 0 Å². The van der Waals surface area contributed by atoms with Gasteiger partial charge in [-0.25, -0.2) is 0 Å². The van der Waals surface area contributed by atoms with Crippen molar-refractivity contribution in [2.24, 2.45) is 0 Å². The summed E-state index contributed by atoms with van der Waals surface area (Å²) in [5.74, 6) is 0.255. The number of ketones is 1. The zero-order valence-corrected chi connectivity index (χ0v) is 3.62. The first-order chi connectivity index (χ1) is 2.27. The van der Waals surface area contributed by atoms with Crippen LogP contribution in [-0.2, 0) is 4.79 Å². The van der Waals surface area contributed by atoms with Gasteiger partial charge in [0.1, 0.15) is 5.78 Å². The van der Waals surface area contributed by atoms with Crippen LogP contribution in [0.25, 0.3) is 0 Å². The van der Waals surface area contributed by atoms with Gasteiger partial charge in [-0.3, -0.25) is 0 Å².